The Balaban J connectivity index is 1.17. The maximum atomic E-state index is 12.6. The number of fused-ring (bicyclic) bond motifs is 1. The van der Waals surface area contributed by atoms with Gasteiger partial charge in [0.25, 0.3) is 5.91 Å². The molecule has 0 bridgehead atoms. The molecule has 1 atom stereocenters. The fraction of sp³-hybridized carbons (Fsp3) is 0.286. The van der Waals surface area contributed by atoms with Crippen molar-refractivity contribution in [2.24, 2.45) is 0 Å². The summed E-state index contributed by atoms with van der Waals surface area (Å²) >= 11 is -0.139. The fourth-order valence-corrected chi connectivity index (χ4v) is 4.81. The highest BCUT2D eigenvalue weighted by Gasteiger charge is 2.29. The van der Waals surface area contributed by atoms with Crippen LogP contribution in [0, 0.1) is 0 Å². The van der Waals surface area contributed by atoms with Crippen molar-refractivity contribution in [3.63, 3.8) is 0 Å². The zero-order chi connectivity index (χ0) is 27.2. The number of hydrogen-bond donors (Lipinski definition) is 2. The molecule has 5 rings (SSSR count). The van der Waals surface area contributed by atoms with E-state index in [4.69, 9.17) is 9.47 Å². The van der Waals surface area contributed by atoms with Gasteiger partial charge in [0.15, 0.2) is 0 Å². The molecule has 1 fully saturated rings. The third kappa shape index (κ3) is 7.31. The van der Waals surface area contributed by atoms with Crippen LogP contribution in [0.3, 0.4) is 0 Å². The van der Waals surface area contributed by atoms with Crippen molar-refractivity contribution in [1.82, 2.24) is 20.2 Å². The SMILES string of the molecule is O=C(NCCC1CNCCO1)c1ccc2c(c1)ncn2-c1ccc(OCc2ccc(SC(F)(F)F)cc2)cc1. The van der Waals surface area contributed by atoms with Gasteiger partial charge in [0.2, 0.25) is 0 Å². The molecule has 1 saturated heterocycles. The first kappa shape index (κ1) is 27.0. The standard InChI is InChI=1S/C28H27F3N4O3S/c29-28(30,31)39-24-8-1-19(2-9-24)17-38-22-6-4-21(5-7-22)35-18-34-25-15-20(3-10-26(25)35)27(36)33-12-11-23-16-32-13-14-37-23/h1-10,15,18,23,32H,11-14,16-17H2,(H,33,36). The molecule has 4 aromatic rings. The molecule has 204 valence electrons. The number of alkyl halides is 3. The second-order valence-corrected chi connectivity index (χ2v) is 10.2. The summed E-state index contributed by atoms with van der Waals surface area (Å²) < 4.78 is 50.8. The summed E-state index contributed by atoms with van der Waals surface area (Å²) in [5, 5.41) is 6.23. The summed E-state index contributed by atoms with van der Waals surface area (Å²) in [6.45, 7) is 3.13. The van der Waals surface area contributed by atoms with E-state index in [1.165, 1.54) is 12.1 Å². The van der Waals surface area contributed by atoms with Crippen molar-refractivity contribution in [1.29, 1.82) is 0 Å². The summed E-state index contributed by atoms with van der Waals surface area (Å²) in [5.74, 6) is 0.482. The molecule has 1 aliphatic heterocycles. The third-order valence-electron chi connectivity index (χ3n) is 6.24. The summed E-state index contributed by atoms with van der Waals surface area (Å²) in [5.41, 5.74) is -0.556. The van der Waals surface area contributed by atoms with E-state index in [-0.39, 0.29) is 35.3 Å². The highest BCUT2D eigenvalue weighted by atomic mass is 32.2. The highest BCUT2D eigenvalue weighted by Crippen LogP contribution is 2.36. The van der Waals surface area contributed by atoms with Crippen molar-refractivity contribution < 1.29 is 27.4 Å². The van der Waals surface area contributed by atoms with Crippen LogP contribution in [-0.4, -0.2) is 53.3 Å². The van der Waals surface area contributed by atoms with Crippen LogP contribution in [0.5, 0.6) is 5.75 Å². The van der Waals surface area contributed by atoms with E-state index in [9.17, 15) is 18.0 Å². The number of rotatable bonds is 9. The Morgan fingerprint density at radius 1 is 1.13 bits per heavy atom. The van der Waals surface area contributed by atoms with Gasteiger partial charge in [-0.3, -0.25) is 9.36 Å². The summed E-state index contributed by atoms with van der Waals surface area (Å²) in [6.07, 6.45) is 2.57. The van der Waals surface area contributed by atoms with Gasteiger partial charge in [0.05, 0.1) is 23.7 Å². The molecule has 0 radical (unpaired) electrons. The minimum absolute atomic E-state index is 0.117. The van der Waals surface area contributed by atoms with Crippen LogP contribution in [0.2, 0.25) is 0 Å². The van der Waals surface area contributed by atoms with Gasteiger partial charge < -0.3 is 20.1 Å². The Labute approximate surface area is 227 Å². The largest absolute Gasteiger partial charge is 0.489 e. The molecule has 2 heterocycles. The molecule has 1 amide bonds. The van der Waals surface area contributed by atoms with Crippen LogP contribution < -0.4 is 15.4 Å². The maximum absolute atomic E-state index is 12.6. The third-order valence-corrected chi connectivity index (χ3v) is 6.98. The van der Waals surface area contributed by atoms with Crippen molar-refractivity contribution >= 4 is 28.7 Å². The number of imidazole rings is 1. The first-order chi connectivity index (χ1) is 18.8. The molecule has 0 spiro atoms. The monoisotopic (exact) mass is 556 g/mol. The van der Waals surface area contributed by atoms with E-state index in [1.807, 2.05) is 34.9 Å². The Hall–Kier alpha value is -3.54. The average molecular weight is 557 g/mol. The van der Waals surface area contributed by atoms with Crippen molar-refractivity contribution in [3.8, 4) is 11.4 Å². The number of ether oxygens (including phenoxy) is 2. The minimum atomic E-state index is -4.31. The first-order valence-corrected chi connectivity index (χ1v) is 13.3. The van der Waals surface area contributed by atoms with Gasteiger partial charge in [-0.1, -0.05) is 12.1 Å². The number of morpholine rings is 1. The maximum Gasteiger partial charge on any atom is 0.446 e. The number of nitrogens with one attached hydrogen (secondary N) is 2. The molecule has 1 unspecified atom stereocenters. The number of aromatic nitrogens is 2. The van der Waals surface area contributed by atoms with Crippen molar-refractivity contribution in [3.05, 3.63) is 84.2 Å². The molecule has 0 aliphatic carbocycles. The number of carbonyl (C=O) groups excluding carboxylic acids is 1. The lowest BCUT2D eigenvalue weighted by atomic mass is 10.1. The topological polar surface area (TPSA) is 77.4 Å². The van der Waals surface area contributed by atoms with E-state index in [2.05, 4.69) is 15.6 Å². The fourth-order valence-electron chi connectivity index (χ4n) is 4.27. The van der Waals surface area contributed by atoms with Gasteiger partial charge in [-0.25, -0.2) is 4.98 Å². The van der Waals surface area contributed by atoms with E-state index < -0.39 is 5.51 Å². The Bertz CT molecular complexity index is 1400. The number of carbonyl (C=O) groups is 1. The normalized spacial score (nSPS) is 15.8. The summed E-state index contributed by atoms with van der Waals surface area (Å²) in [7, 11) is 0. The number of thioether (sulfide) groups is 1. The van der Waals surface area contributed by atoms with E-state index in [0.29, 0.717) is 30.0 Å². The minimum Gasteiger partial charge on any atom is -0.489 e. The summed E-state index contributed by atoms with van der Waals surface area (Å²) in [4.78, 5) is 17.2. The average Bonchev–Trinajstić information content (AvgIpc) is 3.36. The molecule has 3 aromatic carbocycles. The molecule has 39 heavy (non-hydrogen) atoms. The summed E-state index contributed by atoms with van der Waals surface area (Å²) in [6, 6.07) is 19.0. The van der Waals surface area contributed by atoms with Gasteiger partial charge >= 0.3 is 5.51 Å². The number of hydrogen-bond acceptors (Lipinski definition) is 6. The van der Waals surface area contributed by atoms with E-state index in [0.717, 1.165) is 36.3 Å². The van der Waals surface area contributed by atoms with Crippen molar-refractivity contribution in [2.45, 2.75) is 29.5 Å². The van der Waals surface area contributed by atoms with Crippen LogP contribution >= 0.6 is 11.8 Å². The Kier molecular flexibility index (Phi) is 8.39. The molecule has 7 nitrogen and oxygen atoms in total. The predicted molar refractivity (Wildman–Crippen MR) is 143 cm³/mol. The predicted octanol–water partition coefficient (Wildman–Crippen LogP) is 5.32. The molecule has 1 aliphatic rings. The number of nitrogens with zero attached hydrogens (tertiary/aromatic N) is 2. The molecule has 11 heteroatoms. The van der Waals surface area contributed by atoms with Crippen LogP contribution in [0.15, 0.2) is 78.0 Å². The van der Waals surface area contributed by atoms with Gasteiger partial charge in [-0.15, -0.1) is 0 Å². The quantitative estimate of drug-likeness (QED) is 0.272. The Morgan fingerprint density at radius 3 is 2.64 bits per heavy atom. The Morgan fingerprint density at radius 2 is 1.92 bits per heavy atom. The lowest BCUT2D eigenvalue weighted by Gasteiger charge is -2.23. The van der Waals surface area contributed by atoms with Gasteiger partial charge in [-0.05, 0) is 78.3 Å². The highest BCUT2D eigenvalue weighted by molar-refractivity contribution is 8.00. The van der Waals surface area contributed by atoms with Gasteiger partial charge in [0.1, 0.15) is 18.7 Å². The second kappa shape index (κ2) is 12.1. The molecule has 2 N–H and O–H groups in total. The molecule has 0 saturated carbocycles. The zero-order valence-electron chi connectivity index (χ0n) is 20.9. The lowest BCUT2D eigenvalue weighted by molar-refractivity contribution is -0.0328. The zero-order valence-corrected chi connectivity index (χ0v) is 21.7. The van der Waals surface area contributed by atoms with Crippen LogP contribution in [0.25, 0.3) is 16.7 Å². The molecule has 1 aromatic heterocycles. The second-order valence-electron chi connectivity index (χ2n) is 9.03. The van der Waals surface area contributed by atoms with Gasteiger partial charge in [-0.2, -0.15) is 13.2 Å². The van der Waals surface area contributed by atoms with Crippen LogP contribution in [-0.2, 0) is 11.3 Å². The van der Waals surface area contributed by atoms with E-state index >= 15 is 0 Å². The molecular weight excluding hydrogens is 529 g/mol. The smallest absolute Gasteiger partial charge is 0.446 e. The lowest BCUT2D eigenvalue weighted by Crippen LogP contribution is -2.40. The van der Waals surface area contributed by atoms with Crippen LogP contribution in [0.1, 0.15) is 22.3 Å². The number of halogens is 3. The van der Waals surface area contributed by atoms with Gasteiger partial charge in [0, 0.05) is 35.8 Å². The number of benzene rings is 3. The van der Waals surface area contributed by atoms with Crippen molar-refractivity contribution in [2.75, 3.05) is 26.2 Å². The van der Waals surface area contributed by atoms with E-state index in [1.54, 1.807) is 30.6 Å². The number of amides is 1. The first-order valence-electron chi connectivity index (χ1n) is 12.5. The van der Waals surface area contributed by atoms with Crippen LogP contribution in [0.4, 0.5) is 13.2 Å². The molecular formula is C28H27F3N4O3S.